The highest BCUT2D eigenvalue weighted by atomic mass is 16.5. The molecule has 1 aromatic heterocycles. The third-order valence-corrected chi connectivity index (χ3v) is 5.32. The molecule has 1 aliphatic rings. The van der Waals surface area contributed by atoms with Crippen molar-refractivity contribution in [2.24, 2.45) is 0 Å². The Bertz CT molecular complexity index is 998. The fraction of sp³-hybridized carbons (Fsp3) is 0.261. The van der Waals surface area contributed by atoms with Crippen LogP contribution < -0.4 is 4.74 Å². The molecule has 154 valence electrons. The Morgan fingerprint density at radius 3 is 2.50 bits per heavy atom. The van der Waals surface area contributed by atoms with Crippen LogP contribution in [0.2, 0.25) is 0 Å². The lowest BCUT2D eigenvalue weighted by Gasteiger charge is -2.25. The molecular weight excluding hydrogens is 382 g/mol. The van der Waals surface area contributed by atoms with Crippen LogP contribution in [0.1, 0.15) is 34.3 Å². The molecule has 1 aliphatic heterocycles. The molecule has 7 heteroatoms. The van der Waals surface area contributed by atoms with E-state index in [-0.39, 0.29) is 17.5 Å². The van der Waals surface area contributed by atoms with Crippen LogP contribution in [0.5, 0.6) is 5.75 Å². The monoisotopic (exact) mass is 405 g/mol. The molecule has 2 aromatic carbocycles. The van der Waals surface area contributed by atoms with E-state index < -0.39 is 5.97 Å². The number of carboxylic acid groups (broad SMARTS) is 1. The van der Waals surface area contributed by atoms with Crippen LogP contribution in [0.25, 0.3) is 0 Å². The molecule has 0 spiro atoms. The molecule has 7 nitrogen and oxygen atoms in total. The summed E-state index contributed by atoms with van der Waals surface area (Å²) in [5.41, 5.74) is 2.21. The molecule has 1 atom stereocenters. The molecular formula is C23H23N3O4. The number of carboxylic acids is 1. The normalized spacial score (nSPS) is 16.1. The Balaban J connectivity index is 1.33. The summed E-state index contributed by atoms with van der Waals surface area (Å²) < 4.78 is 7.80. The summed E-state index contributed by atoms with van der Waals surface area (Å²) >= 11 is 0. The van der Waals surface area contributed by atoms with Crippen LogP contribution in [0.4, 0.5) is 0 Å². The summed E-state index contributed by atoms with van der Waals surface area (Å²) in [7, 11) is 0. The van der Waals surface area contributed by atoms with Crippen LogP contribution in [-0.2, 0) is 24.5 Å². The van der Waals surface area contributed by atoms with Gasteiger partial charge in [-0.15, -0.1) is 0 Å². The average Bonchev–Trinajstić information content (AvgIpc) is 3.39. The number of hydrogen-bond acceptors (Lipinski definition) is 4. The van der Waals surface area contributed by atoms with Crippen LogP contribution in [0.3, 0.4) is 0 Å². The summed E-state index contributed by atoms with van der Waals surface area (Å²) in [5.74, 6) is -0.0316. The Kier molecular flexibility index (Phi) is 5.79. The van der Waals surface area contributed by atoms with Crippen molar-refractivity contribution in [1.29, 1.82) is 0 Å². The standard InChI is InChI=1S/C23H23N3O4/c27-22-10-7-20(14-25-12-11-24-16-25)26(22)13-17-3-8-21(9-4-17)30-15-18-1-5-19(6-2-18)23(28)29/h1-6,8-9,11-12,16,20H,7,10,13-15H2,(H,28,29)/t20-/m0/s1. The zero-order chi connectivity index (χ0) is 20.9. The number of aromatic nitrogens is 2. The molecule has 0 saturated carbocycles. The Hall–Kier alpha value is -3.61. The van der Waals surface area contributed by atoms with Crippen molar-refractivity contribution in [2.75, 3.05) is 0 Å². The van der Waals surface area contributed by atoms with Gasteiger partial charge in [0.1, 0.15) is 12.4 Å². The van der Waals surface area contributed by atoms with Gasteiger partial charge in [-0.2, -0.15) is 0 Å². The SMILES string of the molecule is O=C(O)c1ccc(COc2ccc(CN3C(=O)CC[C@H]3Cn3ccnc3)cc2)cc1. The van der Waals surface area contributed by atoms with Gasteiger partial charge in [-0.05, 0) is 41.8 Å². The minimum Gasteiger partial charge on any atom is -0.489 e. The molecule has 0 radical (unpaired) electrons. The van der Waals surface area contributed by atoms with Crippen molar-refractivity contribution in [2.45, 2.75) is 38.6 Å². The zero-order valence-corrected chi connectivity index (χ0v) is 16.5. The molecule has 1 N–H and O–H groups in total. The fourth-order valence-electron chi connectivity index (χ4n) is 3.64. The predicted octanol–water partition coefficient (Wildman–Crippen LogP) is 3.35. The number of benzene rings is 2. The topological polar surface area (TPSA) is 84.7 Å². The van der Waals surface area contributed by atoms with E-state index in [0.29, 0.717) is 19.6 Å². The number of imidazole rings is 1. The Morgan fingerprint density at radius 1 is 1.10 bits per heavy atom. The molecule has 2 heterocycles. The van der Waals surface area contributed by atoms with Gasteiger partial charge in [-0.1, -0.05) is 24.3 Å². The second-order valence-corrected chi connectivity index (χ2v) is 7.41. The molecule has 4 rings (SSSR count). The number of carbonyl (C=O) groups is 2. The van der Waals surface area contributed by atoms with Gasteiger partial charge in [0.25, 0.3) is 0 Å². The largest absolute Gasteiger partial charge is 0.489 e. The van der Waals surface area contributed by atoms with Crippen molar-refractivity contribution in [3.05, 3.63) is 83.9 Å². The molecule has 0 unspecified atom stereocenters. The maximum Gasteiger partial charge on any atom is 0.335 e. The maximum absolute atomic E-state index is 12.3. The number of aromatic carboxylic acids is 1. The second-order valence-electron chi connectivity index (χ2n) is 7.41. The first kappa shape index (κ1) is 19.7. The van der Waals surface area contributed by atoms with E-state index in [0.717, 1.165) is 29.8 Å². The van der Waals surface area contributed by atoms with E-state index >= 15 is 0 Å². The van der Waals surface area contributed by atoms with Crippen LogP contribution in [0.15, 0.2) is 67.3 Å². The zero-order valence-electron chi connectivity index (χ0n) is 16.5. The van der Waals surface area contributed by atoms with Gasteiger partial charge >= 0.3 is 5.97 Å². The highest BCUT2D eigenvalue weighted by Gasteiger charge is 2.30. The molecule has 30 heavy (non-hydrogen) atoms. The fourth-order valence-corrected chi connectivity index (χ4v) is 3.64. The summed E-state index contributed by atoms with van der Waals surface area (Å²) in [6, 6.07) is 14.5. The van der Waals surface area contributed by atoms with Crippen LogP contribution in [0, 0.1) is 0 Å². The smallest absolute Gasteiger partial charge is 0.335 e. The number of nitrogens with zero attached hydrogens (tertiary/aromatic N) is 3. The van der Waals surface area contributed by atoms with E-state index in [2.05, 4.69) is 4.98 Å². The lowest BCUT2D eigenvalue weighted by atomic mass is 10.1. The van der Waals surface area contributed by atoms with Crippen LogP contribution >= 0.6 is 0 Å². The first-order chi connectivity index (χ1) is 14.6. The van der Waals surface area contributed by atoms with Crippen LogP contribution in [-0.4, -0.2) is 37.5 Å². The molecule has 0 aliphatic carbocycles. The molecule has 3 aromatic rings. The van der Waals surface area contributed by atoms with Gasteiger partial charge in [0.2, 0.25) is 5.91 Å². The minimum atomic E-state index is -0.943. The van der Waals surface area contributed by atoms with E-state index in [1.165, 1.54) is 0 Å². The van der Waals surface area contributed by atoms with Crippen molar-refractivity contribution in [1.82, 2.24) is 14.5 Å². The molecule has 0 bridgehead atoms. The third-order valence-electron chi connectivity index (χ3n) is 5.32. The average molecular weight is 405 g/mol. The van der Waals surface area contributed by atoms with E-state index in [1.54, 1.807) is 36.8 Å². The second kappa shape index (κ2) is 8.82. The Labute approximate surface area is 174 Å². The first-order valence-electron chi connectivity index (χ1n) is 9.87. The quantitative estimate of drug-likeness (QED) is 0.621. The summed E-state index contributed by atoms with van der Waals surface area (Å²) in [6.45, 7) is 1.69. The Morgan fingerprint density at radius 2 is 1.83 bits per heavy atom. The number of amides is 1. The third kappa shape index (κ3) is 4.68. The molecule has 1 amide bonds. The number of carbonyl (C=O) groups excluding carboxylic acids is 1. The number of rotatable bonds is 8. The van der Waals surface area contributed by atoms with Gasteiger partial charge in [0.05, 0.1) is 17.9 Å². The van der Waals surface area contributed by atoms with Crippen molar-refractivity contribution >= 4 is 11.9 Å². The van der Waals surface area contributed by atoms with Gasteiger partial charge in [0, 0.05) is 31.9 Å². The minimum absolute atomic E-state index is 0.177. The maximum atomic E-state index is 12.3. The molecule has 1 fully saturated rings. The number of ether oxygens (including phenoxy) is 1. The van der Waals surface area contributed by atoms with Gasteiger partial charge in [-0.3, -0.25) is 4.79 Å². The summed E-state index contributed by atoms with van der Waals surface area (Å²) in [5, 5.41) is 8.95. The highest BCUT2D eigenvalue weighted by molar-refractivity contribution is 5.87. The van der Waals surface area contributed by atoms with E-state index in [9.17, 15) is 9.59 Å². The first-order valence-corrected chi connectivity index (χ1v) is 9.87. The summed E-state index contributed by atoms with van der Waals surface area (Å²) in [6.07, 6.45) is 6.89. The van der Waals surface area contributed by atoms with Crippen molar-refractivity contribution in [3.63, 3.8) is 0 Å². The highest BCUT2D eigenvalue weighted by Crippen LogP contribution is 2.24. The van der Waals surface area contributed by atoms with Gasteiger partial charge in [0.15, 0.2) is 0 Å². The van der Waals surface area contributed by atoms with E-state index in [1.807, 2.05) is 39.9 Å². The number of hydrogen-bond donors (Lipinski definition) is 1. The lowest BCUT2D eigenvalue weighted by Crippen LogP contribution is -2.35. The molecule has 1 saturated heterocycles. The van der Waals surface area contributed by atoms with Gasteiger partial charge < -0.3 is 19.3 Å². The van der Waals surface area contributed by atoms with Crippen molar-refractivity contribution < 1.29 is 19.4 Å². The van der Waals surface area contributed by atoms with Gasteiger partial charge in [-0.25, -0.2) is 9.78 Å². The number of likely N-dealkylation sites (tertiary alicyclic amines) is 1. The predicted molar refractivity (Wildman–Crippen MR) is 110 cm³/mol. The van der Waals surface area contributed by atoms with Crippen molar-refractivity contribution in [3.8, 4) is 5.75 Å². The van der Waals surface area contributed by atoms with E-state index in [4.69, 9.17) is 9.84 Å². The summed E-state index contributed by atoms with van der Waals surface area (Å²) in [4.78, 5) is 29.3. The lowest BCUT2D eigenvalue weighted by molar-refractivity contribution is -0.129.